The number of ether oxygens (including phenoxy) is 2. The molecule has 0 aliphatic heterocycles. The Morgan fingerprint density at radius 2 is 1.82 bits per heavy atom. The summed E-state index contributed by atoms with van der Waals surface area (Å²) in [4.78, 5) is 24.3. The average Bonchev–Trinajstić information content (AvgIpc) is 2.84. The molecule has 3 rings (SSSR count). The summed E-state index contributed by atoms with van der Waals surface area (Å²) >= 11 is 6.08. The van der Waals surface area contributed by atoms with Gasteiger partial charge in [0, 0.05) is 10.6 Å². The zero-order chi connectivity index (χ0) is 24.3. The normalized spacial score (nSPS) is 10.4. The molecule has 0 bridgehead atoms. The standard InChI is InChI=1S/C25H21ClN4O4/c1-33-23-5-3-2-4-21(23)29-24(31)13-25(32)30-28-15-19-12-20(26)10-11-22(19)34-16-18-8-6-17(14-27)7-9-18/h2-12,15H,13,16H2,1H3,(H,29,31)(H,30,32). The van der Waals surface area contributed by atoms with Crippen LogP contribution in [0.3, 0.4) is 0 Å². The van der Waals surface area contributed by atoms with E-state index in [1.165, 1.54) is 13.3 Å². The molecule has 3 aromatic rings. The van der Waals surface area contributed by atoms with Crippen molar-refractivity contribution in [2.45, 2.75) is 13.0 Å². The molecule has 34 heavy (non-hydrogen) atoms. The van der Waals surface area contributed by atoms with Crippen LogP contribution in [0.4, 0.5) is 5.69 Å². The molecule has 0 aliphatic rings. The molecule has 3 aromatic carbocycles. The summed E-state index contributed by atoms with van der Waals surface area (Å²) in [5.74, 6) is -0.110. The number of nitrogens with zero attached hydrogens (tertiary/aromatic N) is 2. The molecule has 0 saturated carbocycles. The third kappa shape index (κ3) is 7.08. The van der Waals surface area contributed by atoms with E-state index in [-0.39, 0.29) is 6.61 Å². The van der Waals surface area contributed by atoms with Crippen LogP contribution in [0.1, 0.15) is 23.1 Å². The number of nitriles is 1. The van der Waals surface area contributed by atoms with Crippen molar-refractivity contribution in [3.8, 4) is 17.6 Å². The molecule has 2 N–H and O–H groups in total. The largest absolute Gasteiger partial charge is 0.495 e. The molecule has 0 saturated heterocycles. The van der Waals surface area contributed by atoms with Gasteiger partial charge in [-0.15, -0.1) is 0 Å². The van der Waals surface area contributed by atoms with Gasteiger partial charge in [-0.3, -0.25) is 9.59 Å². The summed E-state index contributed by atoms with van der Waals surface area (Å²) in [5.41, 5.74) is 4.77. The Kier molecular flexibility index (Phi) is 8.60. The first-order valence-corrected chi connectivity index (χ1v) is 10.5. The second-order valence-electron chi connectivity index (χ2n) is 7.00. The topological polar surface area (TPSA) is 113 Å². The van der Waals surface area contributed by atoms with E-state index in [0.717, 1.165) is 5.56 Å². The highest BCUT2D eigenvalue weighted by atomic mass is 35.5. The Hall–Kier alpha value is -4.35. The maximum Gasteiger partial charge on any atom is 0.249 e. The molecular formula is C25H21ClN4O4. The first kappa shape index (κ1) is 24.3. The Labute approximate surface area is 201 Å². The number of amides is 2. The maximum absolute atomic E-state index is 12.1. The van der Waals surface area contributed by atoms with Crippen LogP contribution in [0.2, 0.25) is 5.02 Å². The molecule has 2 amide bonds. The number of hydrogen-bond donors (Lipinski definition) is 2. The van der Waals surface area contributed by atoms with Crippen LogP contribution in [-0.4, -0.2) is 25.1 Å². The molecule has 0 atom stereocenters. The lowest BCUT2D eigenvalue weighted by molar-refractivity contribution is -0.126. The van der Waals surface area contributed by atoms with Crippen molar-refractivity contribution in [2.24, 2.45) is 5.10 Å². The maximum atomic E-state index is 12.1. The van der Waals surface area contributed by atoms with Gasteiger partial charge >= 0.3 is 0 Å². The average molecular weight is 477 g/mol. The summed E-state index contributed by atoms with van der Waals surface area (Å²) in [6.07, 6.45) is 0.961. The van der Waals surface area contributed by atoms with Gasteiger partial charge in [0.2, 0.25) is 11.8 Å². The first-order valence-electron chi connectivity index (χ1n) is 10.1. The molecule has 0 spiro atoms. The van der Waals surface area contributed by atoms with E-state index in [0.29, 0.717) is 33.3 Å². The molecule has 0 unspecified atom stereocenters. The smallest absolute Gasteiger partial charge is 0.249 e. The quantitative estimate of drug-likeness (QED) is 0.272. The predicted octanol–water partition coefficient (Wildman–Crippen LogP) is 4.28. The SMILES string of the molecule is COc1ccccc1NC(=O)CC(=O)NN=Cc1cc(Cl)ccc1OCc1ccc(C#N)cc1. The number of nitrogens with one attached hydrogen (secondary N) is 2. The van der Waals surface area contributed by atoms with Crippen LogP contribution in [-0.2, 0) is 16.2 Å². The van der Waals surface area contributed by atoms with Crippen LogP contribution in [0, 0.1) is 11.3 Å². The first-order chi connectivity index (χ1) is 16.5. The third-order valence-electron chi connectivity index (χ3n) is 4.54. The molecule has 9 heteroatoms. The van der Waals surface area contributed by atoms with E-state index in [9.17, 15) is 9.59 Å². The lowest BCUT2D eigenvalue weighted by Gasteiger charge is -2.10. The molecule has 172 valence electrons. The second kappa shape index (κ2) is 12.0. The van der Waals surface area contributed by atoms with Crippen LogP contribution in [0.5, 0.6) is 11.5 Å². The minimum atomic E-state index is -0.592. The number of anilines is 1. The van der Waals surface area contributed by atoms with Crippen molar-refractivity contribution in [3.63, 3.8) is 0 Å². The summed E-state index contributed by atoms with van der Waals surface area (Å²) in [6, 6.07) is 21.0. The van der Waals surface area contributed by atoms with Gasteiger partial charge in [0.1, 0.15) is 24.5 Å². The van der Waals surface area contributed by atoms with Gasteiger partial charge in [0.25, 0.3) is 0 Å². The highest BCUT2D eigenvalue weighted by Crippen LogP contribution is 2.24. The molecule has 0 radical (unpaired) electrons. The minimum Gasteiger partial charge on any atom is -0.495 e. The van der Waals surface area contributed by atoms with Gasteiger partial charge < -0.3 is 14.8 Å². The van der Waals surface area contributed by atoms with Gasteiger partial charge in [-0.25, -0.2) is 5.43 Å². The zero-order valence-corrected chi connectivity index (χ0v) is 19.0. The highest BCUT2D eigenvalue weighted by Gasteiger charge is 2.11. The van der Waals surface area contributed by atoms with Gasteiger partial charge in [-0.1, -0.05) is 35.9 Å². The van der Waals surface area contributed by atoms with Gasteiger partial charge in [-0.2, -0.15) is 10.4 Å². The van der Waals surface area contributed by atoms with Gasteiger partial charge in [0.15, 0.2) is 0 Å². The Balaban J connectivity index is 1.56. The number of carbonyl (C=O) groups is 2. The van der Waals surface area contributed by atoms with E-state index in [1.54, 1.807) is 66.7 Å². The third-order valence-corrected chi connectivity index (χ3v) is 4.78. The number of methoxy groups -OCH3 is 1. The summed E-state index contributed by atoms with van der Waals surface area (Å²) < 4.78 is 11.0. The van der Waals surface area contributed by atoms with Crippen molar-refractivity contribution in [2.75, 3.05) is 12.4 Å². The molecule has 0 fully saturated rings. The fraction of sp³-hybridized carbons (Fsp3) is 0.120. The number of halogens is 1. The fourth-order valence-corrected chi connectivity index (χ4v) is 3.07. The molecule has 8 nitrogen and oxygen atoms in total. The second-order valence-corrected chi connectivity index (χ2v) is 7.43. The van der Waals surface area contributed by atoms with Crippen molar-refractivity contribution >= 4 is 35.3 Å². The fourth-order valence-electron chi connectivity index (χ4n) is 2.89. The molecular weight excluding hydrogens is 456 g/mol. The van der Waals surface area contributed by atoms with Crippen molar-refractivity contribution in [1.29, 1.82) is 5.26 Å². The molecule has 0 aliphatic carbocycles. The number of hydrogen-bond acceptors (Lipinski definition) is 6. The lowest BCUT2D eigenvalue weighted by atomic mass is 10.1. The molecule has 0 heterocycles. The van der Waals surface area contributed by atoms with Crippen LogP contribution in [0.25, 0.3) is 0 Å². The minimum absolute atomic E-state index is 0.268. The van der Waals surface area contributed by atoms with Gasteiger partial charge in [-0.05, 0) is 48.0 Å². The Morgan fingerprint density at radius 1 is 1.06 bits per heavy atom. The van der Waals surface area contributed by atoms with Crippen molar-refractivity contribution in [1.82, 2.24) is 5.43 Å². The Morgan fingerprint density at radius 3 is 2.56 bits per heavy atom. The zero-order valence-electron chi connectivity index (χ0n) is 18.2. The van der Waals surface area contributed by atoms with Gasteiger partial charge in [0.05, 0.1) is 30.6 Å². The van der Waals surface area contributed by atoms with Crippen LogP contribution < -0.4 is 20.2 Å². The number of rotatable bonds is 9. The van der Waals surface area contributed by atoms with E-state index < -0.39 is 18.2 Å². The summed E-state index contributed by atoms with van der Waals surface area (Å²) in [6.45, 7) is 0.268. The number of carbonyl (C=O) groups excluding carboxylic acids is 2. The van der Waals surface area contributed by atoms with Crippen LogP contribution in [0.15, 0.2) is 71.8 Å². The van der Waals surface area contributed by atoms with E-state index in [1.807, 2.05) is 0 Å². The van der Waals surface area contributed by atoms with E-state index >= 15 is 0 Å². The lowest BCUT2D eigenvalue weighted by Crippen LogP contribution is -2.24. The number of benzene rings is 3. The summed E-state index contributed by atoms with van der Waals surface area (Å²) in [7, 11) is 1.49. The highest BCUT2D eigenvalue weighted by molar-refractivity contribution is 6.30. The van der Waals surface area contributed by atoms with Crippen LogP contribution >= 0.6 is 11.6 Å². The van der Waals surface area contributed by atoms with Crippen molar-refractivity contribution < 1.29 is 19.1 Å². The van der Waals surface area contributed by atoms with E-state index in [4.69, 9.17) is 26.3 Å². The number of hydrazone groups is 1. The summed E-state index contributed by atoms with van der Waals surface area (Å²) in [5, 5.41) is 15.9. The molecule has 0 aromatic heterocycles. The van der Waals surface area contributed by atoms with E-state index in [2.05, 4.69) is 21.9 Å². The predicted molar refractivity (Wildman–Crippen MR) is 129 cm³/mol. The Bertz CT molecular complexity index is 1240. The van der Waals surface area contributed by atoms with Crippen molar-refractivity contribution in [3.05, 3.63) is 88.4 Å². The number of para-hydroxylation sites is 2. The monoisotopic (exact) mass is 476 g/mol.